The maximum Gasteiger partial charge on any atom is 0.244 e. The third-order valence-electron chi connectivity index (χ3n) is 3.05. The van der Waals surface area contributed by atoms with E-state index < -0.39 is 11.9 Å². The van der Waals surface area contributed by atoms with Crippen LogP contribution in [0.2, 0.25) is 0 Å². The highest BCUT2D eigenvalue weighted by atomic mass is 35.5. The highest BCUT2D eigenvalue weighted by molar-refractivity contribution is 5.97. The topological polar surface area (TPSA) is 55.6 Å². The summed E-state index contributed by atoms with van der Waals surface area (Å²) in [5.41, 5.74) is 6.01. The van der Waals surface area contributed by atoms with Crippen LogP contribution in [0.15, 0.2) is 18.2 Å². The summed E-state index contributed by atoms with van der Waals surface area (Å²) in [7, 11) is 2.97. The minimum Gasteiger partial charge on any atom is -0.494 e. The predicted molar refractivity (Wildman–Crippen MR) is 81.0 cm³/mol. The molecule has 0 aliphatic carbocycles. The molecule has 4 nitrogen and oxygen atoms in total. The fourth-order valence-corrected chi connectivity index (χ4v) is 1.57. The molecule has 0 unspecified atom stereocenters. The van der Waals surface area contributed by atoms with Gasteiger partial charge in [0.25, 0.3) is 0 Å². The Labute approximate surface area is 125 Å². The number of hydrogen-bond acceptors (Lipinski definition) is 3. The third kappa shape index (κ3) is 4.08. The molecule has 1 rings (SSSR count). The first kappa shape index (κ1) is 18.7. The van der Waals surface area contributed by atoms with Crippen molar-refractivity contribution in [2.45, 2.75) is 26.8 Å². The van der Waals surface area contributed by atoms with Crippen molar-refractivity contribution < 1.29 is 13.9 Å². The lowest BCUT2D eigenvalue weighted by Gasteiger charge is -2.30. The molecule has 2 N–H and O–H groups in total. The summed E-state index contributed by atoms with van der Waals surface area (Å²) in [5, 5.41) is 0. The van der Waals surface area contributed by atoms with E-state index in [1.165, 1.54) is 24.1 Å². The molecule has 0 aliphatic rings. The number of hydrogen-bond donors (Lipinski definition) is 1. The van der Waals surface area contributed by atoms with Crippen LogP contribution in [0.3, 0.4) is 0 Å². The van der Waals surface area contributed by atoms with Gasteiger partial charge in [-0.15, -0.1) is 12.4 Å². The quantitative estimate of drug-likeness (QED) is 0.934. The van der Waals surface area contributed by atoms with Crippen LogP contribution in [0, 0.1) is 11.2 Å². The number of nitrogens with zero attached hydrogens (tertiary/aromatic N) is 1. The largest absolute Gasteiger partial charge is 0.494 e. The van der Waals surface area contributed by atoms with Crippen molar-refractivity contribution in [3.05, 3.63) is 24.0 Å². The second kappa shape index (κ2) is 6.90. The number of benzene rings is 1. The number of halogens is 2. The van der Waals surface area contributed by atoms with E-state index in [0.717, 1.165) is 0 Å². The Balaban J connectivity index is 0.00000361. The van der Waals surface area contributed by atoms with E-state index in [4.69, 9.17) is 10.5 Å². The van der Waals surface area contributed by atoms with E-state index in [0.29, 0.717) is 5.69 Å². The molecule has 0 saturated carbocycles. The average molecular weight is 305 g/mol. The summed E-state index contributed by atoms with van der Waals surface area (Å²) in [6.45, 7) is 5.66. The Morgan fingerprint density at radius 1 is 1.40 bits per heavy atom. The van der Waals surface area contributed by atoms with Crippen LogP contribution in [0.1, 0.15) is 20.8 Å². The summed E-state index contributed by atoms with van der Waals surface area (Å²) < 4.78 is 18.5. The van der Waals surface area contributed by atoms with Gasteiger partial charge in [-0.2, -0.15) is 0 Å². The minimum atomic E-state index is -0.650. The third-order valence-corrected chi connectivity index (χ3v) is 3.05. The standard InChI is InChI=1S/C14H21FN2O2.ClH/c1-14(2,3)12(16)13(18)17(4)9-6-7-11(19-5)10(15)8-9;/h6-8,12H,16H2,1-5H3;1H/t12-;/m1./s1. The first-order valence-corrected chi connectivity index (χ1v) is 6.05. The molecular weight excluding hydrogens is 283 g/mol. The molecule has 20 heavy (non-hydrogen) atoms. The Morgan fingerprint density at radius 3 is 2.35 bits per heavy atom. The molecule has 0 aromatic heterocycles. The van der Waals surface area contributed by atoms with Crippen LogP contribution >= 0.6 is 12.4 Å². The molecule has 1 amide bonds. The van der Waals surface area contributed by atoms with Gasteiger partial charge in [0.2, 0.25) is 5.91 Å². The molecule has 0 radical (unpaired) electrons. The number of likely N-dealkylation sites (N-methyl/N-ethyl adjacent to an activating group) is 1. The molecule has 0 saturated heterocycles. The lowest BCUT2D eigenvalue weighted by atomic mass is 9.86. The number of carbonyl (C=O) groups is 1. The molecule has 0 spiro atoms. The van der Waals surface area contributed by atoms with Crippen LogP contribution < -0.4 is 15.4 Å². The molecule has 0 bridgehead atoms. The smallest absolute Gasteiger partial charge is 0.244 e. The maximum atomic E-state index is 13.6. The van der Waals surface area contributed by atoms with Crippen molar-refractivity contribution in [1.29, 1.82) is 0 Å². The van der Waals surface area contributed by atoms with Crippen molar-refractivity contribution in [3.8, 4) is 5.75 Å². The zero-order valence-corrected chi connectivity index (χ0v) is 13.3. The van der Waals surface area contributed by atoms with Crippen molar-refractivity contribution in [3.63, 3.8) is 0 Å². The van der Waals surface area contributed by atoms with Gasteiger partial charge in [-0.25, -0.2) is 4.39 Å². The second-order valence-corrected chi connectivity index (χ2v) is 5.56. The first-order chi connectivity index (χ1) is 8.68. The summed E-state index contributed by atoms with van der Waals surface area (Å²) in [4.78, 5) is 13.6. The van der Waals surface area contributed by atoms with E-state index in [1.807, 2.05) is 20.8 Å². The molecule has 0 fully saturated rings. The van der Waals surface area contributed by atoms with E-state index in [9.17, 15) is 9.18 Å². The number of nitrogens with two attached hydrogens (primary N) is 1. The van der Waals surface area contributed by atoms with Crippen molar-refractivity contribution >= 4 is 24.0 Å². The Hall–Kier alpha value is -1.33. The molecule has 1 atom stereocenters. The van der Waals surface area contributed by atoms with Gasteiger partial charge in [-0.3, -0.25) is 4.79 Å². The fourth-order valence-electron chi connectivity index (χ4n) is 1.57. The second-order valence-electron chi connectivity index (χ2n) is 5.56. The van der Waals surface area contributed by atoms with Gasteiger partial charge in [-0.1, -0.05) is 20.8 Å². The van der Waals surface area contributed by atoms with E-state index in [1.54, 1.807) is 13.1 Å². The summed E-state index contributed by atoms with van der Waals surface area (Å²) in [5.74, 6) is -0.620. The predicted octanol–water partition coefficient (Wildman–Crippen LogP) is 2.59. The van der Waals surface area contributed by atoms with Gasteiger partial charge >= 0.3 is 0 Å². The van der Waals surface area contributed by atoms with Gasteiger partial charge in [-0.05, 0) is 17.5 Å². The Bertz CT molecular complexity index is 475. The molecular formula is C14H22ClFN2O2. The van der Waals surface area contributed by atoms with Gasteiger partial charge in [0, 0.05) is 18.8 Å². The highest BCUT2D eigenvalue weighted by Gasteiger charge is 2.30. The molecule has 1 aromatic rings. The molecule has 0 aliphatic heterocycles. The van der Waals surface area contributed by atoms with E-state index in [2.05, 4.69) is 0 Å². The number of amides is 1. The average Bonchev–Trinajstić information content (AvgIpc) is 2.34. The summed E-state index contributed by atoms with van der Waals surface area (Å²) in [6.07, 6.45) is 0. The fraction of sp³-hybridized carbons (Fsp3) is 0.500. The van der Waals surface area contributed by atoms with Gasteiger partial charge in [0.05, 0.1) is 13.2 Å². The van der Waals surface area contributed by atoms with Crippen LogP contribution in [0.5, 0.6) is 5.75 Å². The monoisotopic (exact) mass is 304 g/mol. The van der Waals surface area contributed by atoms with Gasteiger partial charge in [0.1, 0.15) is 0 Å². The zero-order chi connectivity index (χ0) is 14.8. The lowest BCUT2D eigenvalue weighted by Crippen LogP contribution is -2.49. The van der Waals surface area contributed by atoms with Gasteiger partial charge in [0.15, 0.2) is 11.6 Å². The van der Waals surface area contributed by atoms with Crippen molar-refractivity contribution in [1.82, 2.24) is 0 Å². The molecule has 6 heteroatoms. The summed E-state index contributed by atoms with van der Waals surface area (Å²) >= 11 is 0. The number of carbonyl (C=O) groups excluding carboxylic acids is 1. The molecule has 1 aromatic carbocycles. The Kier molecular flexibility index (Phi) is 6.44. The normalized spacial score (nSPS) is 12.3. The summed E-state index contributed by atoms with van der Waals surface area (Å²) in [6, 6.07) is 3.71. The number of methoxy groups -OCH3 is 1. The van der Waals surface area contributed by atoms with Gasteiger partial charge < -0.3 is 15.4 Å². The zero-order valence-electron chi connectivity index (χ0n) is 12.4. The van der Waals surface area contributed by atoms with E-state index in [-0.39, 0.29) is 29.5 Å². The van der Waals surface area contributed by atoms with Crippen LogP contribution in [0.25, 0.3) is 0 Å². The number of rotatable bonds is 3. The van der Waals surface area contributed by atoms with Crippen LogP contribution in [-0.2, 0) is 4.79 Å². The molecule has 0 heterocycles. The lowest BCUT2D eigenvalue weighted by molar-refractivity contribution is -0.121. The van der Waals surface area contributed by atoms with Crippen LogP contribution in [-0.4, -0.2) is 26.1 Å². The van der Waals surface area contributed by atoms with Crippen molar-refractivity contribution in [2.24, 2.45) is 11.1 Å². The number of anilines is 1. The van der Waals surface area contributed by atoms with E-state index >= 15 is 0 Å². The Morgan fingerprint density at radius 2 is 1.95 bits per heavy atom. The maximum absolute atomic E-state index is 13.6. The highest BCUT2D eigenvalue weighted by Crippen LogP contribution is 2.25. The van der Waals surface area contributed by atoms with Crippen molar-refractivity contribution in [2.75, 3.05) is 19.1 Å². The SMILES string of the molecule is COc1ccc(N(C)C(=O)[C@@H](N)C(C)(C)C)cc1F.Cl. The minimum absolute atomic E-state index is 0. The first-order valence-electron chi connectivity index (χ1n) is 6.05. The molecule has 114 valence electrons. The number of ether oxygens (including phenoxy) is 1. The van der Waals surface area contributed by atoms with Crippen LogP contribution in [0.4, 0.5) is 10.1 Å².